The lowest BCUT2D eigenvalue weighted by molar-refractivity contribution is -0.158. The number of aliphatic carboxylic acids is 1. The van der Waals surface area contributed by atoms with Crippen molar-refractivity contribution in [3.8, 4) is 11.5 Å². The largest absolute Gasteiger partial charge is 0.491 e. The van der Waals surface area contributed by atoms with E-state index in [2.05, 4.69) is 5.48 Å². The summed E-state index contributed by atoms with van der Waals surface area (Å²) in [6.07, 6.45) is -1.18. The number of ether oxygens (including phenoxy) is 2. The smallest absolute Gasteiger partial charge is 0.339 e. The van der Waals surface area contributed by atoms with Crippen molar-refractivity contribution in [1.82, 2.24) is 5.48 Å². The summed E-state index contributed by atoms with van der Waals surface area (Å²) in [5.74, 6) is -1.58. The average molecular weight is 427 g/mol. The van der Waals surface area contributed by atoms with Crippen LogP contribution in [0.3, 0.4) is 0 Å². The zero-order valence-electron chi connectivity index (χ0n) is 16.3. The van der Waals surface area contributed by atoms with E-state index in [0.717, 1.165) is 5.56 Å². The molecule has 0 saturated heterocycles. The summed E-state index contributed by atoms with van der Waals surface area (Å²) in [5, 5.41) is 9.46. The molecule has 1 heterocycles. The Balaban J connectivity index is 1.41. The fraction of sp³-hybridized carbons (Fsp3) is 0.174. The molecule has 3 aromatic carbocycles. The quantitative estimate of drug-likeness (QED) is 0.522. The lowest BCUT2D eigenvalue weighted by Crippen LogP contribution is -2.28. The fourth-order valence-electron chi connectivity index (χ4n) is 3.24. The van der Waals surface area contributed by atoms with Crippen LogP contribution in [0.2, 0.25) is 0 Å². The third-order valence-corrected chi connectivity index (χ3v) is 4.87. The number of benzene rings is 3. The van der Waals surface area contributed by atoms with E-state index < -0.39 is 29.7 Å². The summed E-state index contributed by atoms with van der Waals surface area (Å²) in [4.78, 5) is 17.0. The number of fused-ring (bicyclic) bond motifs is 1. The minimum atomic E-state index is -1.18. The molecule has 0 unspecified atom stereocenters. The molecule has 0 amide bonds. The monoisotopic (exact) mass is 427 g/mol. The maximum absolute atomic E-state index is 13.7. The van der Waals surface area contributed by atoms with E-state index in [-0.39, 0.29) is 18.8 Å². The molecular weight excluding hydrogens is 408 g/mol. The first-order valence-corrected chi connectivity index (χ1v) is 9.54. The van der Waals surface area contributed by atoms with Gasteiger partial charge in [-0.3, -0.25) is 4.84 Å². The van der Waals surface area contributed by atoms with Crippen LogP contribution in [0, 0.1) is 11.6 Å². The number of nitrogens with one attached hydrogen (secondary N) is 1. The number of carbonyl (C=O) groups is 1. The number of halogens is 2. The Morgan fingerprint density at radius 1 is 1.10 bits per heavy atom. The summed E-state index contributed by atoms with van der Waals surface area (Å²) in [5.41, 5.74) is 3.87. The highest BCUT2D eigenvalue weighted by Crippen LogP contribution is 2.36. The number of hydrogen-bond donors (Lipinski definition) is 2. The lowest BCUT2D eigenvalue weighted by Gasteiger charge is -2.17. The summed E-state index contributed by atoms with van der Waals surface area (Å²) >= 11 is 0. The molecule has 3 aromatic rings. The minimum Gasteiger partial charge on any atom is -0.491 e. The predicted molar refractivity (Wildman–Crippen MR) is 106 cm³/mol. The lowest BCUT2D eigenvalue weighted by atomic mass is 10.1. The molecule has 1 aliphatic rings. The first-order chi connectivity index (χ1) is 15.0. The summed E-state index contributed by atoms with van der Waals surface area (Å²) in [6.45, 7) is -0.0404. The van der Waals surface area contributed by atoms with E-state index >= 15 is 0 Å². The minimum absolute atomic E-state index is 0.155. The van der Waals surface area contributed by atoms with Gasteiger partial charge in [-0.2, -0.15) is 5.48 Å². The molecule has 6 nitrogen and oxygen atoms in total. The van der Waals surface area contributed by atoms with Crippen molar-refractivity contribution >= 4 is 5.97 Å². The van der Waals surface area contributed by atoms with Gasteiger partial charge in [0.1, 0.15) is 36.3 Å². The van der Waals surface area contributed by atoms with E-state index in [1.165, 1.54) is 18.2 Å². The van der Waals surface area contributed by atoms with Crippen molar-refractivity contribution in [2.45, 2.75) is 18.8 Å². The van der Waals surface area contributed by atoms with Crippen molar-refractivity contribution in [3.05, 3.63) is 95.1 Å². The molecule has 0 spiro atoms. The van der Waals surface area contributed by atoms with Gasteiger partial charge in [-0.15, -0.1) is 0 Å². The molecule has 160 valence electrons. The molecule has 31 heavy (non-hydrogen) atoms. The van der Waals surface area contributed by atoms with Crippen LogP contribution in [0.25, 0.3) is 0 Å². The summed E-state index contributed by atoms with van der Waals surface area (Å²) < 4.78 is 38.6. The van der Waals surface area contributed by atoms with Crippen molar-refractivity contribution < 1.29 is 33.0 Å². The van der Waals surface area contributed by atoms with Gasteiger partial charge in [0.05, 0.1) is 11.6 Å². The SMILES string of the molecule is O=C(O)[C@@H](ON[C@H]1COc2cc(OCc3c(F)cccc3F)ccc21)c1ccccc1. The summed E-state index contributed by atoms with van der Waals surface area (Å²) in [6, 6.07) is 16.8. The van der Waals surface area contributed by atoms with Gasteiger partial charge in [0.25, 0.3) is 0 Å². The maximum Gasteiger partial charge on any atom is 0.339 e. The highest BCUT2D eigenvalue weighted by molar-refractivity contribution is 5.74. The van der Waals surface area contributed by atoms with Crippen LogP contribution in [-0.2, 0) is 16.2 Å². The predicted octanol–water partition coefficient (Wildman–Crippen LogP) is 4.32. The van der Waals surface area contributed by atoms with Crippen molar-refractivity contribution in [3.63, 3.8) is 0 Å². The number of hydrogen-bond acceptors (Lipinski definition) is 5. The number of hydroxylamine groups is 1. The Kier molecular flexibility index (Phi) is 6.11. The standard InChI is InChI=1S/C23H19F2NO5/c24-18-7-4-8-19(25)17(18)12-29-15-9-10-16-20(13-30-21(16)11-15)26-31-22(23(27)28)14-5-2-1-3-6-14/h1-11,20,22,26H,12-13H2,(H,27,28)/t20-,22-/m0/s1. The molecule has 0 radical (unpaired) electrons. The Morgan fingerprint density at radius 3 is 2.55 bits per heavy atom. The van der Waals surface area contributed by atoms with Crippen molar-refractivity contribution in [2.75, 3.05) is 6.61 Å². The van der Waals surface area contributed by atoms with Crippen LogP contribution in [0.5, 0.6) is 11.5 Å². The second-order valence-electron chi connectivity index (χ2n) is 6.92. The van der Waals surface area contributed by atoms with Gasteiger partial charge in [-0.1, -0.05) is 36.4 Å². The molecule has 0 aromatic heterocycles. The van der Waals surface area contributed by atoms with Crippen LogP contribution >= 0.6 is 0 Å². The zero-order chi connectivity index (χ0) is 21.8. The average Bonchev–Trinajstić information content (AvgIpc) is 3.16. The molecule has 0 fully saturated rings. The zero-order valence-corrected chi connectivity index (χ0v) is 16.3. The van der Waals surface area contributed by atoms with Crippen LogP contribution in [0.4, 0.5) is 8.78 Å². The first kappa shape index (κ1) is 20.8. The van der Waals surface area contributed by atoms with Gasteiger partial charge in [-0.05, 0) is 29.8 Å². The van der Waals surface area contributed by atoms with E-state index in [1.54, 1.807) is 48.5 Å². The molecule has 8 heteroatoms. The van der Waals surface area contributed by atoms with Crippen molar-refractivity contribution in [1.29, 1.82) is 0 Å². The van der Waals surface area contributed by atoms with Gasteiger partial charge >= 0.3 is 5.97 Å². The third-order valence-electron chi connectivity index (χ3n) is 4.87. The normalized spacial score (nSPS) is 15.7. The van der Waals surface area contributed by atoms with Gasteiger partial charge < -0.3 is 14.6 Å². The Bertz CT molecular complexity index is 1060. The molecule has 1 aliphatic heterocycles. The highest BCUT2D eigenvalue weighted by atomic mass is 19.1. The van der Waals surface area contributed by atoms with Crippen LogP contribution in [0.1, 0.15) is 28.8 Å². The Hall–Kier alpha value is -3.49. The Morgan fingerprint density at radius 2 is 1.84 bits per heavy atom. The number of rotatable bonds is 8. The summed E-state index contributed by atoms with van der Waals surface area (Å²) in [7, 11) is 0. The third kappa shape index (κ3) is 4.65. The van der Waals surface area contributed by atoms with Gasteiger partial charge in [0.2, 0.25) is 6.10 Å². The van der Waals surface area contributed by atoms with Gasteiger partial charge in [-0.25, -0.2) is 13.6 Å². The van der Waals surface area contributed by atoms with Crippen LogP contribution in [-0.4, -0.2) is 17.7 Å². The molecular formula is C23H19F2NO5. The number of carboxylic acids is 1. The molecule has 0 aliphatic carbocycles. The first-order valence-electron chi connectivity index (χ1n) is 9.54. The molecule has 0 bridgehead atoms. The van der Waals surface area contributed by atoms with Gasteiger partial charge in [0.15, 0.2) is 0 Å². The van der Waals surface area contributed by atoms with E-state index in [4.69, 9.17) is 14.3 Å². The van der Waals surface area contributed by atoms with E-state index in [1.807, 2.05) is 0 Å². The molecule has 4 rings (SSSR count). The van der Waals surface area contributed by atoms with E-state index in [9.17, 15) is 18.7 Å². The highest BCUT2D eigenvalue weighted by Gasteiger charge is 2.28. The van der Waals surface area contributed by atoms with Crippen LogP contribution < -0.4 is 15.0 Å². The maximum atomic E-state index is 13.7. The van der Waals surface area contributed by atoms with Crippen molar-refractivity contribution in [2.24, 2.45) is 0 Å². The second kappa shape index (κ2) is 9.11. The molecule has 0 saturated carbocycles. The molecule has 2 N–H and O–H groups in total. The number of carboxylic acid groups (broad SMARTS) is 1. The molecule has 2 atom stereocenters. The van der Waals surface area contributed by atoms with E-state index in [0.29, 0.717) is 17.1 Å². The fourth-order valence-corrected chi connectivity index (χ4v) is 3.24. The Labute approximate surface area is 176 Å². The van der Waals surface area contributed by atoms with Gasteiger partial charge in [0, 0.05) is 11.6 Å². The van der Waals surface area contributed by atoms with Crippen LogP contribution in [0.15, 0.2) is 66.7 Å². The second-order valence-corrected chi connectivity index (χ2v) is 6.92. The topological polar surface area (TPSA) is 77.0 Å².